The van der Waals surface area contributed by atoms with Crippen LogP contribution in [0.1, 0.15) is 0 Å². The zero-order chi connectivity index (χ0) is 57.6. The maximum atomic E-state index is 5.85. The summed E-state index contributed by atoms with van der Waals surface area (Å²) < 4.78 is 6.77. The van der Waals surface area contributed by atoms with Crippen molar-refractivity contribution in [1.82, 2.24) is 43.6 Å². The molecular weight excluding hydrogens is 1060 g/mol. The molecule has 0 radical (unpaired) electrons. The number of nitrogens with zero attached hydrogens (tertiary/aromatic N) is 9. The van der Waals surface area contributed by atoms with Crippen molar-refractivity contribution in [3.63, 3.8) is 0 Å². The van der Waals surface area contributed by atoms with E-state index in [0.717, 1.165) is 134 Å². The first-order chi connectivity index (χ1) is 43.1. The Labute approximate surface area is 502 Å². The van der Waals surface area contributed by atoms with Crippen molar-refractivity contribution in [2.45, 2.75) is 0 Å². The van der Waals surface area contributed by atoms with Crippen LogP contribution in [-0.4, -0.2) is 43.6 Å². The highest BCUT2D eigenvalue weighted by atomic mass is 15.1. The molecule has 16 rings (SSSR count). The fourth-order valence-electron chi connectivity index (χ4n) is 12.1. The highest BCUT2D eigenvalue weighted by Crippen LogP contribution is 2.43. The van der Waals surface area contributed by atoms with Crippen molar-refractivity contribution >= 4 is 33.1 Å². The molecule has 9 nitrogen and oxygen atoms in total. The lowest BCUT2D eigenvalue weighted by molar-refractivity contribution is 1.03. The van der Waals surface area contributed by atoms with E-state index < -0.39 is 0 Å². The largest absolute Gasteiger partial charge is 0.292 e. The van der Waals surface area contributed by atoms with Gasteiger partial charge in [-0.25, -0.2) is 29.9 Å². The van der Waals surface area contributed by atoms with Gasteiger partial charge >= 0.3 is 0 Å². The number of hydrogen-bond acceptors (Lipinski definition) is 6. The molecule has 0 unspecified atom stereocenters. The van der Waals surface area contributed by atoms with Gasteiger partial charge < -0.3 is 0 Å². The van der Waals surface area contributed by atoms with E-state index in [-0.39, 0.29) is 0 Å². The number of aromatic nitrogens is 9. The second-order valence-electron chi connectivity index (χ2n) is 21.5. The molecule has 4 heterocycles. The predicted molar refractivity (Wildman–Crippen MR) is 353 cm³/mol. The van der Waals surface area contributed by atoms with Gasteiger partial charge in [0.2, 0.25) is 0 Å². The lowest BCUT2D eigenvalue weighted by Crippen LogP contribution is -2.08. The Morgan fingerprint density at radius 3 is 0.678 bits per heavy atom. The summed E-state index contributed by atoms with van der Waals surface area (Å²) in [7, 11) is 0. The molecule has 0 spiro atoms. The van der Waals surface area contributed by atoms with Gasteiger partial charge in [0.05, 0.1) is 50.2 Å². The minimum Gasteiger partial charge on any atom is -0.292 e. The van der Waals surface area contributed by atoms with Gasteiger partial charge in [0.15, 0.2) is 17.5 Å². The lowest BCUT2D eigenvalue weighted by Gasteiger charge is -2.20. The van der Waals surface area contributed by atoms with Crippen molar-refractivity contribution in [3.8, 4) is 119 Å². The van der Waals surface area contributed by atoms with Crippen LogP contribution in [0.15, 0.2) is 309 Å². The summed E-state index contributed by atoms with van der Waals surface area (Å²) in [5.41, 5.74) is 19.3. The van der Waals surface area contributed by atoms with E-state index in [0.29, 0.717) is 17.5 Å². The molecule has 0 fully saturated rings. The second kappa shape index (κ2) is 21.7. The Kier molecular flexibility index (Phi) is 12.6. The quantitative estimate of drug-likeness (QED) is 0.121. The normalized spacial score (nSPS) is 11.4. The molecule has 408 valence electrons. The van der Waals surface area contributed by atoms with Crippen molar-refractivity contribution in [1.29, 1.82) is 0 Å². The van der Waals surface area contributed by atoms with E-state index in [1.54, 1.807) is 0 Å². The minimum absolute atomic E-state index is 0.462. The van der Waals surface area contributed by atoms with Crippen molar-refractivity contribution in [2.75, 3.05) is 0 Å². The van der Waals surface area contributed by atoms with E-state index in [4.69, 9.17) is 29.9 Å². The van der Waals surface area contributed by atoms with Crippen molar-refractivity contribution in [2.24, 2.45) is 0 Å². The smallest absolute Gasteiger partial charge is 0.166 e. The van der Waals surface area contributed by atoms with Gasteiger partial charge in [-0.05, 0) is 106 Å². The topological polar surface area (TPSA) is 92.1 Å². The Morgan fingerprint density at radius 1 is 0.184 bits per heavy atom. The van der Waals surface area contributed by atoms with Crippen LogP contribution in [0.4, 0.5) is 0 Å². The predicted octanol–water partition coefficient (Wildman–Crippen LogP) is 18.9. The summed E-state index contributed by atoms with van der Waals surface area (Å²) in [6.45, 7) is 0. The third-order valence-corrected chi connectivity index (χ3v) is 16.2. The van der Waals surface area contributed by atoms with E-state index in [9.17, 15) is 0 Å². The lowest BCUT2D eigenvalue weighted by atomic mass is 9.99. The van der Waals surface area contributed by atoms with Gasteiger partial charge in [-0.1, -0.05) is 237 Å². The molecule has 0 atom stereocenters. The zero-order valence-corrected chi connectivity index (χ0v) is 47.0. The molecule has 9 heteroatoms. The first kappa shape index (κ1) is 50.8. The molecule has 0 N–H and O–H groups in total. The highest BCUT2D eigenvalue weighted by molar-refractivity contribution is 5.92. The Balaban J connectivity index is 1.06. The van der Waals surface area contributed by atoms with E-state index in [1.165, 1.54) is 0 Å². The number of para-hydroxylation sites is 6. The Bertz CT molecular complexity index is 4660. The van der Waals surface area contributed by atoms with Crippen LogP contribution in [0.5, 0.6) is 0 Å². The molecule has 0 saturated heterocycles. The van der Waals surface area contributed by atoms with E-state index >= 15 is 0 Å². The van der Waals surface area contributed by atoms with Gasteiger partial charge in [0.25, 0.3) is 0 Å². The van der Waals surface area contributed by atoms with Crippen LogP contribution in [0.3, 0.4) is 0 Å². The van der Waals surface area contributed by atoms with Crippen LogP contribution >= 0.6 is 0 Å². The fourth-order valence-corrected chi connectivity index (χ4v) is 12.1. The van der Waals surface area contributed by atoms with E-state index in [1.807, 2.05) is 36.4 Å². The highest BCUT2D eigenvalue weighted by Gasteiger charge is 2.27. The van der Waals surface area contributed by atoms with Crippen LogP contribution in [0.25, 0.3) is 152 Å². The van der Waals surface area contributed by atoms with Gasteiger partial charge in [0, 0.05) is 33.4 Å². The molecule has 0 aliphatic heterocycles. The first-order valence-electron chi connectivity index (χ1n) is 29.1. The van der Waals surface area contributed by atoms with Crippen LogP contribution < -0.4 is 0 Å². The third kappa shape index (κ3) is 9.24. The van der Waals surface area contributed by atoms with Crippen LogP contribution in [-0.2, 0) is 0 Å². The first-order valence-corrected chi connectivity index (χ1v) is 29.1. The average Bonchev–Trinajstić information content (AvgIpc) is 2.46. The summed E-state index contributed by atoms with van der Waals surface area (Å²) in [6, 6.07) is 107. The molecular formula is C78H51N9. The molecule has 0 aliphatic carbocycles. The van der Waals surface area contributed by atoms with Crippen molar-refractivity contribution < 1.29 is 0 Å². The maximum absolute atomic E-state index is 5.85. The zero-order valence-electron chi connectivity index (χ0n) is 47.0. The number of hydrogen-bond donors (Lipinski definition) is 0. The monoisotopic (exact) mass is 1110 g/mol. The molecule has 87 heavy (non-hydrogen) atoms. The van der Waals surface area contributed by atoms with Crippen molar-refractivity contribution in [3.05, 3.63) is 309 Å². The standard InChI is InChI=1S/C78H51N9/c1-7-25-52(26-8-1)58-43-46-67(85-70-40-22-19-37-64(70)79-76(85)55-31-13-4-14-32-55)61(49-58)73-82-74(62-50-59(53-27-9-2-10-28-53)44-47-68(62)86-71-41-23-20-38-65(71)80-77(86)56-33-15-5-16-34-56)84-75(83-73)63-51-60(54-29-11-3-12-30-54)45-48-69(63)87-72-42-24-21-39-66(72)81-78(87)57-35-17-6-18-36-57/h1-51H. The summed E-state index contributed by atoms with van der Waals surface area (Å²) in [5, 5.41) is 0. The minimum atomic E-state index is 0.462. The molecule has 0 aliphatic rings. The molecule has 0 saturated carbocycles. The summed E-state index contributed by atoms with van der Waals surface area (Å²) in [4.78, 5) is 33.7. The number of benzene rings is 12. The maximum Gasteiger partial charge on any atom is 0.166 e. The molecule has 0 amide bonds. The van der Waals surface area contributed by atoms with E-state index in [2.05, 4.69) is 287 Å². The van der Waals surface area contributed by atoms with Gasteiger partial charge in [-0.15, -0.1) is 0 Å². The summed E-state index contributed by atoms with van der Waals surface area (Å²) in [5.74, 6) is 3.75. The average molecular weight is 1110 g/mol. The second-order valence-corrected chi connectivity index (χ2v) is 21.5. The number of fused-ring (bicyclic) bond motifs is 3. The Hall–Kier alpha value is -11.9. The molecule has 12 aromatic carbocycles. The summed E-state index contributed by atoms with van der Waals surface area (Å²) in [6.07, 6.45) is 0. The SMILES string of the molecule is c1ccc(-c2ccc(-n3c(-c4ccccc4)nc4ccccc43)c(-c3nc(-c4cc(-c5ccccc5)ccc4-n4c(-c5ccccc5)nc5ccccc54)nc(-c4cc(-c5ccccc5)ccc4-n4c(-c5ccccc5)nc5ccccc54)n3)c2)cc1. The van der Waals surface area contributed by atoms with Gasteiger partial charge in [0.1, 0.15) is 17.5 Å². The number of imidazole rings is 3. The van der Waals surface area contributed by atoms with Crippen LogP contribution in [0, 0.1) is 0 Å². The fraction of sp³-hybridized carbons (Fsp3) is 0. The van der Waals surface area contributed by atoms with Crippen LogP contribution in [0.2, 0.25) is 0 Å². The molecule has 4 aromatic heterocycles. The van der Waals surface area contributed by atoms with Gasteiger partial charge in [-0.2, -0.15) is 0 Å². The summed E-state index contributed by atoms with van der Waals surface area (Å²) >= 11 is 0. The number of rotatable bonds is 12. The third-order valence-electron chi connectivity index (χ3n) is 16.2. The molecule has 0 bridgehead atoms. The van der Waals surface area contributed by atoms with Gasteiger partial charge in [-0.3, -0.25) is 13.7 Å². The molecule has 16 aromatic rings. The Morgan fingerprint density at radius 2 is 0.414 bits per heavy atom.